The summed E-state index contributed by atoms with van der Waals surface area (Å²) in [6, 6.07) is 6.35. The minimum absolute atomic E-state index is 0.261. The van der Waals surface area contributed by atoms with Crippen molar-refractivity contribution < 1.29 is 4.39 Å². The van der Waals surface area contributed by atoms with Crippen molar-refractivity contribution in [2.24, 2.45) is 5.73 Å². The predicted octanol–water partition coefficient (Wildman–Crippen LogP) is 2.23. The maximum atomic E-state index is 13.0. The first kappa shape index (κ1) is 11.0. The van der Waals surface area contributed by atoms with Gasteiger partial charge in [0.2, 0.25) is 0 Å². The Morgan fingerprint density at radius 1 is 1.25 bits per heavy atom. The van der Waals surface area contributed by atoms with Gasteiger partial charge in [-0.1, -0.05) is 17.8 Å². The summed E-state index contributed by atoms with van der Waals surface area (Å²) < 4.78 is 13.0. The fourth-order valence-corrected chi connectivity index (χ4v) is 2.13. The normalized spacial score (nSPS) is 10.4. The monoisotopic (exact) mass is 235 g/mol. The van der Waals surface area contributed by atoms with Crippen molar-refractivity contribution in [1.29, 1.82) is 0 Å². The lowest BCUT2D eigenvalue weighted by Gasteiger charge is -2.04. The molecule has 0 bridgehead atoms. The first-order valence-electron chi connectivity index (χ1n) is 4.73. The molecule has 0 saturated carbocycles. The summed E-state index contributed by atoms with van der Waals surface area (Å²) in [6.45, 7) is 0.325. The van der Waals surface area contributed by atoms with Gasteiger partial charge in [-0.25, -0.2) is 9.37 Å². The van der Waals surface area contributed by atoms with Gasteiger partial charge in [0.1, 0.15) is 10.8 Å². The molecule has 0 spiro atoms. The molecular formula is C11H10FN3S. The van der Waals surface area contributed by atoms with E-state index in [1.165, 1.54) is 23.9 Å². The SMILES string of the molecule is NCc1nccnc1Sc1cccc(F)c1. The maximum absolute atomic E-state index is 13.0. The standard InChI is InChI=1S/C11H10FN3S/c12-8-2-1-3-9(6-8)16-11-10(7-13)14-4-5-15-11/h1-6H,7,13H2. The van der Waals surface area contributed by atoms with E-state index >= 15 is 0 Å². The summed E-state index contributed by atoms with van der Waals surface area (Å²) in [5.74, 6) is -0.261. The molecule has 0 saturated heterocycles. The minimum atomic E-state index is -0.261. The van der Waals surface area contributed by atoms with E-state index in [-0.39, 0.29) is 5.82 Å². The number of benzene rings is 1. The van der Waals surface area contributed by atoms with Gasteiger partial charge >= 0.3 is 0 Å². The summed E-state index contributed by atoms with van der Waals surface area (Å²) in [5, 5.41) is 0.718. The highest BCUT2D eigenvalue weighted by Crippen LogP contribution is 2.27. The zero-order chi connectivity index (χ0) is 11.4. The molecule has 0 unspecified atom stereocenters. The molecule has 0 amide bonds. The number of halogens is 1. The smallest absolute Gasteiger partial charge is 0.124 e. The van der Waals surface area contributed by atoms with Gasteiger partial charge in [0.25, 0.3) is 0 Å². The lowest BCUT2D eigenvalue weighted by Crippen LogP contribution is -2.02. The Bertz CT molecular complexity index is 490. The van der Waals surface area contributed by atoms with Crippen LogP contribution >= 0.6 is 11.8 Å². The summed E-state index contributed by atoms with van der Waals surface area (Å²) in [7, 11) is 0. The second kappa shape index (κ2) is 5.05. The molecule has 1 heterocycles. The Kier molecular flexibility index (Phi) is 3.48. The lowest BCUT2D eigenvalue weighted by atomic mass is 10.4. The number of aromatic nitrogens is 2. The molecule has 0 atom stereocenters. The highest BCUT2D eigenvalue weighted by atomic mass is 32.2. The molecular weight excluding hydrogens is 225 g/mol. The van der Waals surface area contributed by atoms with Gasteiger partial charge in [-0.2, -0.15) is 0 Å². The van der Waals surface area contributed by atoms with Crippen LogP contribution < -0.4 is 5.73 Å². The molecule has 3 nitrogen and oxygen atoms in total. The van der Waals surface area contributed by atoms with Crippen LogP contribution in [0.5, 0.6) is 0 Å². The maximum Gasteiger partial charge on any atom is 0.124 e. The predicted molar refractivity (Wildman–Crippen MR) is 60.4 cm³/mol. The fraction of sp³-hybridized carbons (Fsp3) is 0.0909. The Labute approximate surface area is 96.9 Å². The van der Waals surface area contributed by atoms with Crippen molar-refractivity contribution in [3.63, 3.8) is 0 Å². The summed E-state index contributed by atoms with van der Waals surface area (Å²) in [5.41, 5.74) is 6.26. The second-order valence-corrected chi connectivity index (χ2v) is 4.13. The first-order valence-corrected chi connectivity index (χ1v) is 5.54. The molecule has 16 heavy (non-hydrogen) atoms. The molecule has 0 radical (unpaired) electrons. The van der Waals surface area contributed by atoms with Gasteiger partial charge in [0, 0.05) is 23.8 Å². The number of rotatable bonds is 3. The van der Waals surface area contributed by atoms with Crippen molar-refractivity contribution in [3.8, 4) is 0 Å². The van der Waals surface area contributed by atoms with E-state index in [1.54, 1.807) is 18.5 Å². The lowest BCUT2D eigenvalue weighted by molar-refractivity contribution is 0.624. The van der Waals surface area contributed by atoms with Gasteiger partial charge < -0.3 is 5.73 Å². The highest BCUT2D eigenvalue weighted by molar-refractivity contribution is 7.99. The van der Waals surface area contributed by atoms with Gasteiger partial charge in [0.15, 0.2) is 0 Å². The molecule has 2 aromatic rings. The average molecular weight is 235 g/mol. The Hall–Kier alpha value is -1.46. The van der Waals surface area contributed by atoms with Crippen LogP contribution in [0.25, 0.3) is 0 Å². The molecule has 2 N–H and O–H groups in total. The van der Waals surface area contributed by atoms with Crippen molar-refractivity contribution in [1.82, 2.24) is 9.97 Å². The van der Waals surface area contributed by atoms with Gasteiger partial charge in [-0.3, -0.25) is 4.98 Å². The van der Waals surface area contributed by atoms with E-state index in [1.807, 2.05) is 6.07 Å². The van der Waals surface area contributed by atoms with Crippen LogP contribution in [0.1, 0.15) is 5.69 Å². The molecule has 0 aliphatic rings. The third-order valence-corrected chi connectivity index (χ3v) is 2.96. The average Bonchev–Trinajstić information content (AvgIpc) is 2.30. The quantitative estimate of drug-likeness (QED) is 0.886. The largest absolute Gasteiger partial charge is 0.325 e. The van der Waals surface area contributed by atoms with Crippen LogP contribution in [0.15, 0.2) is 46.6 Å². The van der Waals surface area contributed by atoms with Crippen molar-refractivity contribution in [2.75, 3.05) is 0 Å². The number of hydrogen-bond acceptors (Lipinski definition) is 4. The molecule has 1 aromatic carbocycles. The van der Waals surface area contributed by atoms with Gasteiger partial charge in [-0.15, -0.1) is 0 Å². The van der Waals surface area contributed by atoms with E-state index in [0.29, 0.717) is 6.54 Å². The van der Waals surface area contributed by atoms with Gasteiger partial charge in [0.05, 0.1) is 5.69 Å². The van der Waals surface area contributed by atoms with Crippen LogP contribution in [-0.4, -0.2) is 9.97 Å². The summed E-state index contributed by atoms with van der Waals surface area (Å²) >= 11 is 1.36. The third-order valence-electron chi connectivity index (χ3n) is 1.94. The molecule has 5 heteroatoms. The summed E-state index contributed by atoms with van der Waals surface area (Å²) in [4.78, 5) is 9.07. The highest BCUT2D eigenvalue weighted by Gasteiger charge is 2.05. The molecule has 1 aromatic heterocycles. The van der Waals surface area contributed by atoms with E-state index in [0.717, 1.165) is 15.6 Å². The zero-order valence-electron chi connectivity index (χ0n) is 8.43. The van der Waals surface area contributed by atoms with Crippen LogP contribution in [0.3, 0.4) is 0 Å². The molecule has 82 valence electrons. The topological polar surface area (TPSA) is 51.8 Å². The molecule has 0 aliphatic heterocycles. The third kappa shape index (κ3) is 2.56. The first-order chi connectivity index (χ1) is 7.79. The van der Waals surface area contributed by atoms with E-state index in [2.05, 4.69) is 9.97 Å². The number of hydrogen-bond donors (Lipinski definition) is 1. The van der Waals surface area contributed by atoms with Crippen LogP contribution in [0.4, 0.5) is 4.39 Å². The van der Waals surface area contributed by atoms with E-state index in [4.69, 9.17) is 5.73 Å². The molecule has 0 aliphatic carbocycles. The van der Waals surface area contributed by atoms with Gasteiger partial charge in [-0.05, 0) is 18.2 Å². The zero-order valence-corrected chi connectivity index (χ0v) is 9.25. The fourth-order valence-electron chi connectivity index (χ4n) is 1.22. The second-order valence-electron chi connectivity index (χ2n) is 3.07. The van der Waals surface area contributed by atoms with E-state index in [9.17, 15) is 4.39 Å². The number of nitrogens with zero attached hydrogens (tertiary/aromatic N) is 2. The van der Waals surface area contributed by atoms with Crippen LogP contribution in [-0.2, 0) is 6.54 Å². The van der Waals surface area contributed by atoms with Crippen LogP contribution in [0, 0.1) is 5.82 Å². The van der Waals surface area contributed by atoms with Crippen molar-refractivity contribution in [3.05, 3.63) is 48.2 Å². The van der Waals surface area contributed by atoms with Crippen molar-refractivity contribution in [2.45, 2.75) is 16.5 Å². The number of nitrogens with two attached hydrogens (primary N) is 1. The summed E-state index contributed by atoms with van der Waals surface area (Å²) in [6.07, 6.45) is 3.19. The van der Waals surface area contributed by atoms with E-state index < -0.39 is 0 Å². The molecule has 2 rings (SSSR count). The van der Waals surface area contributed by atoms with Crippen LogP contribution in [0.2, 0.25) is 0 Å². The minimum Gasteiger partial charge on any atom is -0.325 e. The Balaban J connectivity index is 2.26. The Morgan fingerprint density at radius 3 is 2.81 bits per heavy atom. The van der Waals surface area contributed by atoms with Crippen molar-refractivity contribution >= 4 is 11.8 Å². The molecule has 0 fully saturated rings. The Morgan fingerprint density at radius 2 is 2.06 bits per heavy atom.